The second-order valence-electron chi connectivity index (χ2n) is 2.85. The highest BCUT2D eigenvalue weighted by atomic mass is 32.2. The van der Waals surface area contributed by atoms with Gasteiger partial charge in [0.1, 0.15) is 0 Å². The molecule has 0 radical (unpaired) electrons. The molecule has 1 aromatic heterocycles. The van der Waals surface area contributed by atoms with E-state index in [0.29, 0.717) is 5.16 Å². The predicted molar refractivity (Wildman–Crippen MR) is 53.8 cm³/mol. The van der Waals surface area contributed by atoms with Crippen LogP contribution in [0.1, 0.15) is 13.3 Å². The first-order chi connectivity index (χ1) is 6.18. The molecular formula is C8H13N3OS. The van der Waals surface area contributed by atoms with E-state index in [4.69, 9.17) is 5.73 Å². The van der Waals surface area contributed by atoms with Gasteiger partial charge in [-0.25, -0.2) is 4.98 Å². The molecule has 0 aromatic carbocycles. The van der Waals surface area contributed by atoms with Crippen LogP contribution in [0.15, 0.2) is 22.2 Å². The molecule has 0 bridgehead atoms. The SMILES string of the molecule is CC(N)CCSc1nccc(=O)[nH]1. The summed E-state index contributed by atoms with van der Waals surface area (Å²) in [7, 11) is 0. The fourth-order valence-electron chi connectivity index (χ4n) is 0.767. The number of hydrogen-bond donors (Lipinski definition) is 2. The van der Waals surface area contributed by atoms with Gasteiger partial charge >= 0.3 is 0 Å². The van der Waals surface area contributed by atoms with Crippen molar-refractivity contribution in [1.29, 1.82) is 0 Å². The normalized spacial score (nSPS) is 12.8. The molecule has 72 valence electrons. The Morgan fingerprint density at radius 1 is 1.77 bits per heavy atom. The average Bonchev–Trinajstić information content (AvgIpc) is 2.03. The number of aromatic nitrogens is 2. The minimum absolute atomic E-state index is 0.113. The van der Waals surface area contributed by atoms with Gasteiger partial charge in [-0.2, -0.15) is 0 Å². The largest absolute Gasteiger partial charge is 0.328 e. The standard InChI is InChI=1S/C8H13N3OS/c1-6(9)3-5-13-8-10-4-2-7(12)11-8/h2,4,6H,3,5,9H2,1H3,(H,10,11,12). The lowest BCUT2D eigenvalue weighted by molar-refractivity contribution is 0.720. The van der Waals surface area contributed by atoms with Crippen molar-refractivity contribution in [3.63, 3.8) is 0 Å². The molecule has 4 nitrogen and oxygen atoms in total. The van der Waals surface area contributed by atoms with Gasteiger partial charge in [-0.1, -0.05) is 11.8 Å². The van der Waals surface area contributed by atoms with Crippen LogP contribution in [0.3, 0.4) is 0 Å². The van der Waals surface area contributed by atoms with Gasteiger partial charge in [-0.3, -0.25) is 4.79 Å². The Bertz CT molecular complexity index is 310. The fraction of sp³-hybridized carbons (Fsp3) is 0.500. The van der Waals surface area contributed by atoms with Crippen LogP contribution in [-0.4, -0.2) is 21.8 Å². The third-order valence-corrected chi connectivity index (χ3v) is 2.38. The second-order valence-corrected chi connectivity index (χ2v) is 3.94. The zero-order valence-corrected chi connectivity index (χ0v) is 8.30. The van der Waals surface area contributed by atoms with E-state index in [1.54, 1.807) is 0 Å². The van der Waals surface area contributed by atoms with Gasteiger partial charge in [0.15, 0.2) is 5.16 Å². The Labute approximate surface area is 81.0 Å². The van der Waals surface area contributed by atoms with Crippen LogP contribution in [-0.2, 0) is 0 Å². The van der Waals surface area contributed by atoms with Crippen LogP contribution in [0.25, 0.3) is 0 Å². The quantitative estimate of drug-likeness (QED) is 0.550. The topological polar surface area (TPSA) is 71.8 Å². The number of thioether (sulfide) groups is 1. The number of hydrogen-bond acceptors (Lipinski definition) is 4. The van der Waals surface area contributed by atoms with E-state index in [9.17, 15) is 4.79 Å². The van der Waals surface area contributed by atoms with E-state index in [1.165, 1.54) is 24.0 Å². The summed E-state index contributed by atoms with van der Waals surface area (Å²) in [5.74, 6) is 0.880. The molecule has 0 saturated carbocycles. The number of nitrogens with one attached hydrogen (secondary N) is 1. The van der Waals surface area contributed by atoms with Gasteiger partial charge in [-0.15, -0.1) is 0 Å². The number of aromatic amines is 1. The fourth-order valence-corrected chi connectivity index (χ4v) is 1.76. The summed E-state index contributed by atoms with van der Waals surface area (Å²) in [5, 5.41) is 0.660. The van der Waals surface area contributed by atoms with E-state index < -0.39 is 0 Å². The summed E-state index contributed by atoms with van der Waals surface area (Å²) in [6, 6.07) is 1.60. The van der Waals surface area contributed by atoms with Gasteiger partial charge in [0.2, 0.25) is 0 Å². The molecule has 5 heteroatoms. The molecule has 0 aliphatic carbocycles. The maximum atomic E-state index is 10.9. The molecule has 0 aliphatic heterocycles. The van der Waals surface area contributed by atoms with Crippen LogP contribution in [0.2, 0.25) is 0 Å². The van der Waals surface area contributed by atoms with E-state index in [0.717, 1.165) is 12.2 Å². The van der Waals surface area contributed by atoms with Crippen LogP contribution < -0.4 is 11.3 Å². The highest BCUT2D eigenvalue weighted by Crippen LogP contribution is 2.11. The molecule has 0 fully saturated rings. The molecule has 1 unspecified atom stereocenters. The van der Waals surface area contributed by atoms with E-state index >= 15 is 0 Å². The summed E-state index contributed by atoms with van der Waals surface area (Å²) in [4.78, 5) is 17.5. The highest BCUT2D eigenvalue weighted by molar-refractivity contribution is 7.99. The lowest BCUT2D eigenvalue weighted by atomic mass is 10.3. The van der Waals surface area contributed by atoms with Gasteiger partial charge < -0.3 is 10.7 Å². The van der Waals surface area contributed by atoms with Crippen LogP contribution >= 0.6 is 11.8 Å². The Balaban J connectivity index is 2.41. The van der Waals surface area contributed by atoms with Crippen molar-refractivity contribution in [3.8, 4) is 0 Å². The van der Waals surface area contributed by atoms with Crippen LogP contribution in [0.5, 0.6) is 0 Å². The zero-order chi connectivity index (χ0) is 9.68. The number of H-pyrrole nitrogens is 1. The molecule has 0 aliphatic rings. The lowest BCUT2D eigenvalue weighted by Crippen LogP contribution is -2.15. The van der Waals surface area contributed by atoms with E-state index in [1.807, 2.05) is 6.92 Å². The molecular weight excluding hydrogens is 186 g/mol. The molecule has 1 rings (SSSR count). The highest BCUT2D eigenvalue weighted by Gasteiger charge is 1.98. The Kier molecular flexibility index (Phi) is 3.98. The molecule has 1 heterocycles. The summed E-state index contributed by atoms with van der Waals surface area (Å²) < 4.78 is 0. The smallest absolute Gasteiger partial charge is 0.251 e. The third kappa shape index (κ3) is 4.10. The van der Waals surface area contributed by atoms with Gasteiger partial charge in [0.25, 0.3) is 5.56 Å². The molecule has 3 N–H and O–H groups in total. The first kappa shape index (κ1) is 10.3. The van der Waals surface area contributed by atoms with Crippen LogP contribution in [0.4, 0.5) is 0 Å². The summed E-state index contributed by atoms with van der Waals surface area (Å²) in [6.07, 6.45) is 2.43. The summed E-state index contributed by atoms with van der Waals surface area (Å²) in [6.45, 7) is 1.96. The minimum Gasteiger partial charge on any atom is -0.328 e. The number of rotatable bonds is 4. The maximum Gasteiger partial charge on any atom is 0.251 e. The summed E-state index contributed by atoms with van der Waals surface area (Å²) >= 11 is 1.52. The average molecular weight is 199 g/mol. The number of nitrogens with two attached hydrogens (primary N) is 1. The summed E-state index contributed by atoms with van der Waals surface area (Å²) in [5.41, 5.74) is 5.47. The van der Waals surface area contributed by atoms with Crippen molar-refractivity contribution < 1.29 is 0 Å². The minimum atomic E-state index is -0.113. The maximum absolute atomic E-state index is 10.9. The monoisotopic (exact) mass is 199 g/mol. The molecule has 1 aromatic rings. The van der Waals surface area contributed by atoms with Crippen molar-refractivity contribution in [2.45, 2.75) is 24.5 Å². The van der Waals surface area contributed by atoms with Crippen molar-refractivity contribution in [1.82, 2.24) is 9.97 Å². The van der Waals surface area contributed by atoms with Crippen molar-refractivity contribution in [2.75, 3.05) is 5.75 Å². The lowest BCUT2D eigenvalue weighted by Gasteiger charge is -2.02. The second kappa shape index (κ2) is 5.04. The first-order valence-electron chi connectivity index (χ1n) is 4.12. The Morgan fingerprint density at radius 2 is 2.54 bits per heavy atom. The van der Waals surface area contributed by atoms with Crippen LogP contribution in [0, 0.1) is 0 Å². The van der Waals surface area contributed by atoms with Crippen molar-refractivity contribution in [2.24, 2.45) is 5.73 Å². The number of nitrogens with zero attached hydrogens (tertiary/aromatic N) is 1. The van der Waals surface area contributed by atoms with Gasteiger partial charge in [0.05, 0.1) is 0 Å². The predicted octanol–water partition coefficient (Wildman–Crippen LogP) is 0.599. The molecule has 0 spiro atoms. The van der Waals surface area contributed by atoms with Gasteiger partial charge in [0, 0.05) is 24.1 Å². The molecule has 1 atom stereocenters. The van der Waals surface area contributed by atoms with Crippen molar-refractivity contribution >= 4 is 11.8 Å². The van der Waals surface area contributed by atoms with E-state index in [-0.39, 0.29) is 11.6 Å². The zero-order valence-electron chi connectivity index (χ0n) is 7.49. The van der Waals surface area contributed by atoms with E-state index in [2.05, 4.69) is 9.97 Å². The molecule has 0 amide bonds. The molecule has 0 saturated heterocycles. The van der Waals surface area contributed by atoms with Crippen molar-refractivity contribution in [3.05, 3.63) is 22.6 Å². The Hall–Kier alpha value is -0.810. The molecule has 13 heavy (non-hydrogen) atoms. The first-order valence-corrected chi connectivity index (χ1v) is 5.11. The third-order valence-electron chi connectivity index (χ3n) is 1.46. The van der Waals surface area contributed by atoms with Gasteiger partial charge in [-0.05, 0) is 13.3 Å². The Morgan fingerprint density at radius 3 is 3.15 bits per heavy atom.